The highest BCUT2D eigenvalue weighted by Gasteiger charge is 2.14. The van der Waals surface area contributed by atoms with Crippen LogP contribution in [-0.4, -0.2) is 19.0 Å². The van der Waals surface area contributed by atoms with E-state index in [1.54, 1.807) is 0 Å². The van der Waals surface area contributed by atoms with Crippen LogP contribution >= 0.6 is 0 Å². The number of hydrogen-bond acceptors (Lipinski definition) is 3. The lowest BCUT2D eigenvalue weighted by atomic mass is 10.2. The minimum absolute atomic E-state index is 0.103. The highest BCUT2D eigenvalue weighted by molar-refractivity contribution is 5.95. The van der Waals surface area contributed by atoms with Gasteiger partial charge in [0.25, 0.3) is 0 Å². The summed E-state index contributed by atoms with van der Waals surface area (Å²) in [6.07, 6.45) is 4.84. The molecule has 4 nitrogen and oxygen atoms in total. The van der Waals surface area contributed by atoms with Crippen molar-refractivity contribution in [2.45, 2.75) is 32.1 Å². The van der Waals surface area contributed by atoms with Crippen molar-refractivity contribution in [1.29, 1.82) is 5.26 Å². The third-order valence-corrected chi connectivity index (χ3v) is 3.36. The minimum atomic E-state index is -0.246. The molecule has 0 atom stereocenters. The van der Waals surface area contributed by atoms with Gasteiger partial charge in [0.2, 0.25) is 5.91 Å². The van der Waals surface area contributed by atoms with E-state index in [9.17, 15) is 4.79 Å². The second kappa shape index (κ2) is 6.79. The van der Waals surface area contributed by atoms with E-state index in [-0.39, 0.29) is 12.3 Å². The van der Waals surface area contributed by atoms with E-state index in [1.807, 2.05) is 30.3 Å². The summed E-state index contributed by atoms with van der Waals surface area (Å²) in [4.78, 5) is 13.9. The van der Waals surface area contributed by atoms with E-state index < -0.39 is 0 Å². The molecule has 2 rings (SSSR count). The van der Waals surface area contributed by atoms with Gasteiger partial charge in [0, 0.05) is 13.1 Å². The number of para-hydroxylation sites is 2. The van der Waals surface area contributed by atoms with Gasteiger partial charge in [-0.1, -0.05) is 25.0 Å². The maximum atomic E-state index is 11.6. The van der Waals surface area contributed by atoms with Crippen LogP contribution in [0.5, 0.6) is 0 Å². The van der Waals surface area contributed by atoms with Gasteiger partial charge in [0.15, 0.2) is 0 Å². The number of amides is 1. The van der Waals surface area contributed by atoms with Gasteiger partial charge < -0.3 is 10.2 Å². The van der Waals surface area contributed by atoms with Crippen molar-refractivity contribution in [3.05, 3.63) is 24.3 Å². The zero-order valence-corrected chi connectivity index (χ0v) is 11.1. The molecule has 1 aliphatic rings. The van der Waals surface area contributed by atoms with Crippen molar-refractivity contribution >= 4 is 17.3 Å². The van der Waals surface area contributed by atoms with E-state index in [0.29, 0.717) is 0 Å². The minimum Gasteiger partial charge on any atom is -0.370 e. The molecule has 1 N–H and O–H groups in total. The summed E-state index contributed by atoms with van der Waals surface area (Å²) in [5.41, 5.74) is 1.88. The quantitative estimate of drug-likeness (QED) is 0.905. The number of carbonyl (C=O) groups excluding carboxylic acids is 1. The number of anilines is 2. The molecular formula is C15H19N3O. The molecule has 1 heterocycles. The number of carbonyl (C=O) groups is 1. The number of nitrogens with zero attached hydrogens (tertiary/aromatic N) is 2. The van der Waals surface area contributed by atoms with Gasteiger partial charge in [-0.05, 0) is 25.0 Å². The molecule has 1 amide bonds. The standard InChI is InChI=1S/C15H19N3O/c16-10-9-15(19)17-13-7-3-4-8-14(13)18-11-5-1-2-6-12-18/h3-4,7-8H,1-2,5-6,9,11-12H2,(H,17,19). The van der Waals surface area contributed by atoms with Gasteiger partial charge in [-0.2, -0.15) is 5.26 Å². The molecular weight excluding hydrogens is 238 g/mol. The zero-order valence-electron chi connectivity index (χ0n) is 11.1. The number of rotatable bonds is 3. The van der Waals surface area contributed by atoms with Crippen LogP contribution in [0, 0.1) is 11.3 Å². The Hall–Kier alpha value is -2.02. The second-order valence-electron chi connectivity index (χ2n) is 4.80. The van der Waals surface area contributed by atoms with Crippen molar-refractivity contribution in [2.24, 2.45) is 0 Å². The van der Waals surface area contributed by atoms with Crippen LogP contribution in [0.25, 0.3) is 0 Å². The van der Waals surface area contributed by atoms with Gasteiger partial charge in [-0.25, -0.2) is 0 Å². The Kier molecular flexibility index (Phi) is 4.79. The Morgan fingerprint density at radius 1 is 1.21 bits per heavy atom. The summed E-state index contributed by atoms with van der Waals surface area (Å²) < 4.78 is 0. The summed E-state index contributed by atoms with van der Waals surface area (Å²) in [5.74, 6) is -0.246. The molecule has 1 saturated heterocycles. The summed E-state index contributed by atoms with van der Waals surface area (Å²) in [5, 5.41) is 11.4. The average molecular weight is 257 g/mol. The first kappa shape index (κ1) is 13.4. The molecule has 1 aromatic rings. The number of hydrogen-bond donors (Lipinski definition) is 1. The Bertz CT molecular complexity index is 471. The summed E-state index contributed by atoms with van der Waals surface area (Å²) in [6, 6.07) is 9.70. The maximum absolute atomic E-state index is 11.6. The van der Waals surface area contributed by atoms with Crippen molar-refractivity contribution < 1.29 is 4.79 Å². The van der Waals surface area contributed by atoms with Crippen molar-refractivity contribution in [3.63, 3.8) is 0 Å². The molecule has 0 bridgehead atoms. The van der Waals surface area contributed by atoms with E-state index >= 15 is 0 Å². The van der Waals surface area contributed by atoms with Crippen LogP contribution in [0.2, 0.25) is 0 Å². The molecule has 0 radical (unpaired) electrons. The largest absolute Gasteiger partial charge is 0.370 e. The van der Waals surface area contributed by atoms with E-state index in [0.717, 1.165) is 24.5 Å². The zero-order chi connectivity index (χ0) is 13.5. The van der Waals surface area contributed by atoms with E-state index in [4.69, 9.17) is 5.26 Å². The molecule has 4 heteroatoms. The Morgan fingerprint density at radius 3 is 2.58 bits per heavy atom. The lowest BCUT2D eigenvalue weighted by Gasteiger charge is -2.25. The van der Waals surface area contributed by atoms with Crippen LogP contribution in [0.3, 0.4) is 0 Å². The molecule has 19 heavy (non-hydrogen) atoms. The highest BCUT2D eigenvalue weighted by Crippen LogP contribution is 2.27. The summed E-state index contributed by atoms with van der Waals surface area (Å²) in [7, 11) is 0. The summed E-state index contributed by atoms with van der Waals surface area (Å²) >= 11 is 0. The fourth-order valence-corrected chi connectivity index (χ4v) is 2.43. The van der Waals surface area contributed by atoms with Gasteiger partial charge in [-0.3, -0.25) is 4.79 Å². The van der Waals surface area contributed by atoms with Gasteiger partial charge in [-0.15, -0.1) is 0 Å². The van der Waals surface area contributed by atoms with E-state index in [2.05, 4.69) is 10.2 Å². The van der Waals surface area contributed by atoms with Gasteiger partial charge in [0.1, 0.15) is 6.42 Å². The molecule has 0 unspecified atom stereocenters. The van der Waals surface area contributed by atoms with Gasteiger partial charge in [0.05, 0.1) is 17.4 Å². The fourth-order valence-electron chi connectivity index (χ4n) is 2.43. The molecule has 100 valence electrons. The number of benzene rings is 1. The predicted molar refractivity (Wildman–Crippen MR) is 76.0 cm³/mol. The third kappa shape index (κ3) is 3.72. The molecule has 0 saturated carbocycles. The lowest BCUT2D eigenvalue weighted by molar-refractivity contribution is -0.115. The highest BCUT2D eigenvalue weighted by atomic mass is 16.1. The van der Waals surface area contributed by atoms with Crippen LogP contribution < -0.4 is 10.2 Å². The van der Waals surface area contributed by atoms with E-state index in [1.165, 1.54) is 25.7 Å². The first-order valence-corrected chi connectivity index (χ1v) is 6.82. The SMILES string of the molecule is N#CCC(=O)Nc1ccccc1N1CCCCCC1. The fraction of sp³-hybridized carbons (Fsp3) is 0.467. The third-order valence-electron chi connectivity index (χ3n) is 3.36. The molecule has 1 aliphatic heterocycles. The first-order valence-electron chi connectivity index (χ1n) is 6.82. The molecule has 0 spiro atoms. The predicted octanol–water partition coefficient (Wildman–Crippen LogP) is 2.92. The van der Waals surface area contributed by atoms with Crippen LogP contribution in [0.1, 0.15) is 32.1 Å². The smallest absolute Gasteiger partial charge is 0.238 e. The average Bonchev–Trinajstić information content (AvgIpc) is 2.68. The summed E-state index contributed by atoms with van der Waals surface area (Å²) in [6.45, 7) is 2.07. The van der Waals surface area contributed by atoms with Crippen molar-refractivity contribution in [2.75, 3.05) is 23.3 Å². The topological polar surface area (TPSA) is 56.1 Å². The lowest BCUT2D eigenvalue weighted by Crippen LogP contribution is -2.25. The number of nitriles is 1. The maximum Gasteiger partial charge on any atom is 0.238 e. The Morgan fingerprint density at radius 2 is 1.89 bits per heavy atom. The molecule has 0 aliphatic carbocycles. The first-order chi connectivity index (χ1) is 9.31. The molecule has 1 aromatic carbocycles. The van der Waals surface area contributed by atoms with Crippen LogP contribution in [0.15, 0.2) is 24.3 Å². The van der Waals surface area contributed by atoms with Crippen molar-refractivity contribution in [1.82, 2.24) is 0 Å². The monoisotopic (exact) mass is 257 g/mol. The van der Waals surface area contributed by atoms with Crippen LogP contribution in [-0.2, 0) is 4.79 Å². The second-order valence-corrected chi connectivity index (χ2v) is 4.80. The van der Waals surface area contributed by atoms with Crippen molar-refractivity contribution in [3.8, 4) is 6.07 Å². The molecule has 0 aromatic heterocycles. The normalized spacial score (nSPS) is 15.4. The van der Waals surface area contributed by atoms with Gasteiger partial charge >= 0.3 is 0 Å². The number of nitrogens with one attached hydrogen (secondary N) is 1. The Balaban J connectivity index is 2.15. The molecule has 1 fully saturated rings. The Labute approximate surface area is 114 Å². The van der Waals surface area contributed by atoms with Crippen LogP contribution in [0.4, 0.5) is 11.4 Å².